The third kappa shape index (κ3) is 5.31. The zero-order chi connectivity index (χ0) is 28.8. The minimum atomic E-state index is -4.47. The molecule has 3 aliphatic heterocycles. The molecule has 0 N–H and O–H groups in total. The molecule has 2 amide bonds. The molecule has 2 aromatic heterocycles. The van der Waals surface area contributed by atoms with E-state index in [0.717, 1.165) is 41.2 Å². The summed E-state index contributed by atoms with van der Waals surface area (Å²) in [6.45, 7) is 2.79. The van der Waals surface area contributed by atoms with Gasteiger partial charge in [0.15, 0.2) is 0 Å². The maximum atomic E-state index is 13.6. The van der Waals surface area contributed by atoms with Gasteiger partial charge in [0, 0.05) is 61.8 Å². The van der Waals surface area contributed by atoms with E-state index >= 15 is 0 Å². The number of alkyl halides is 3. The van der Waals surface area contributed by atoms with Crippen molar-refractivity contribution >= 4 is 17.0 Å². The van der Waals surface area contributed by atoms with Gasteiger partial charge in [-0.2, -0.15) is 13.2 Å². The zero-order valence-corrected chi connectivity index (χ0v) is 23.0. The molecule has 0 radical (unpaired) electrons. The summed E-state index contributed by atoms with van der Waals surface area (Å²) >= 11 is 0. The van der Waals surface area contributed by atoms with E-state index in [4.69, 9.17) is 9.15 Å². The van der Waals surface area contributed by atoms with Crippen LogP contribution in [0.1, 0.15) is 29.0 Å². The van der Waals surface area contributed by atoms with Gasteiger partial charge in [0.1, 0.15) is 23.2 Å². The van der Waals surface area contributed by atoms with Crippen LogP contribution in [-0.2, 0) is 30.4 Å². The van der Waals surface area contributed by atoms with Crippen molar-refractivity contribution in [1.29, 1.82) is 0 Å². The number of rotatable bonds is 5. The number of likely N-dealkylation sites (tertiary alicyclic amines) is 1. The summed E-state index contributed by atoms with van der Waals surface area (Å²) in [4.78, 5) is 23.4. The molecule has 5 heterocycles. The largest absolute Gasteiger partial charge is 0.489 e. The Balaban J connectivity index is 1.07. The molecule has 4 aliphatic rings. The molecule has 0 saturated carbocycles. The number of urea groups is 1. The van der Waals surface area contributed by atoms with E-state index in [1.54, 1.807) is 4.90 Å². The maximum absolute atomic E-state index is 13.6. The summed E-state index contributed by atoms with van der Waals surface area (Å²) in [5.41, 5.74) is 1.13. The Hall–Kier alpha value is -4.05. The van der Waals surface area contributed by atoms with Crippen molar-refractivity contribution in [3.8, 4) is 0 Å². The number of fused-ring (bicyclic) bond motifs is 3. The van der Waals surface area contributed by atoms with Crippen molar-refractivity contribution in [3.05, 3.63) is 101 Å². The van der Waals surface area contributed by atoms with Crippen LogP contribution in [0.5, 0.6) is 0 Å². The molecule has 10 heteroatoms. The zero-order valence-electron chi connectivity index (χ0n) is 23.0. The number of ether oxygens (including phenoxy) is 1. The van der Waals surface area contributed by atoms with Gasteiger partial charge in [0.25, 0.3) is 0 Å². The fourth-order valence-corrected chi connectivity index (χ4v) is 6.38. The number of allylic oxidation sites excluding steroid dienone is 2. The lowest BCUT2D eigenvalue weighted by atomic mass is 9.99. The molecule has 1 fully saturated rings. The van der Waals surface area contributed by atoms with Crippen LogP contribution in [0.2, 0.25) is 0 Å². The number of carbonyl (C=O) groups excluding carboxylic acids is 1. The molecule has 3 unspecified atom stereocenters. The number of benzene rings is 1. The molecule has 218 valence electrons. The standard InChI is InChI=1S/C32H31F3N4O3/c33-32(34,35)24-13-23-17-37(12-10-28(23)36-16-24)31(40)38-11-9-25(18-38)39(19-26-14-21-5-1-3-7-29(21)41-26)20-27-15-22-6-2-4-8-30(22)42-27/h1-8,13-16,21,25,29H,9-12,17-20H2. The Bertz CT molecular complexity index is 1560. The number of nitrogens with zero attached hydrogens (tertiary/aromatic N) is 4. The predicted molar refractivity (Wildman–Crippen MR) is 150 cm³/mol. The highest BCUT2D eigenvalue weighted by atomic mass is 19.4. The van der Waals surface area contributed by atoms with Crippen LogP contribution in [0, 0.1) is 5.92 Å². The van der Waals surface area contributed by atoms with Crippen molar-refractivity contribution < 1.29 is 27.1 Å². The van der Waals surface area contributed by atoms with Crippen molar-refractivity contribution in [1.82, 2.24) is 19.7 Å². The van der Waals surface area contributed by atoms with E-state index < -0.39 is 11.7 Å². The van der Waals surface area contributed by atoms with Crippen LogP contribution in [0.15, 0.2) is 83.2 Å². The fraction of sp³-hybridized carbons (Fsp3) is 0.375. The molecular formula is C32H31F3N4O3. The number of para-hydroxylation sites is 1. The third-order valence-electron chi connectivity index (χ3n) is 8.57. The number of aromatic nitrogens is 1. The van der Waals surface area contributed by atoms with Crippen LogP contribution >= 0.6 is 0 Å². The fourth-order valence-electron chi connectivity index (χ4n) is 6.38. The van der Waals surface area contributed by atoms with E-state index in [2.05, 4.69) is 34.2 Å². The average molecular weight is 577 g/mol. The molecule has 1 saturated heterocycles. The molecule has 1 aromatic carbocycles. The van der Waals surface area contributed by atoms with Gasteiger partial charge in [-0.1, -0.05) is 36.4 Å². The maximum Gasteiger partial charge on any atom is 0.417 e. The molecule has 1 aliphatic carbocycles. The summed E-state index contributed by atoms with van der Waals surface area (Å²) in [6.07, 6.45) is 8.04. The van der Waals surface area contributed by atoms with Crippen molar-refractivity contribution in [2.24, 2.45) is 5.92 Å². The monoisotopic (exact) mass is 576 g/mol. The first-order valence-corrected chi connectivity index (χ1v) is 14.3. The van der Waals surface area contributed by atoms with Crippen molar-refractivity contribution in [2.45, 2.75) is 44.3 Å². The number of furan rings is 1. The van der Waals surface area contributed by atoms with Gasteiger partial charge in [0.2, 0.25) is 0 Å². The smallest absolute Gasteiger partial charge is 0.417 e. The Labute approximate surface area is 241 Å². The summed E-state index contributed by atoms with van der Waals surface area (Å²) < 4.78 is 52.2. The molecule has 0 bridgehead atoms. The number of hydrogen-bond acceptors (Lipinski definition) is 5. The Kier molecular flexibility index (Phi) is 6.80. The first-order chi connectivity index (χ1) is 20.3. The van der Waals surface area contributed by atoms with Gasteiger partial charge in [0.05, 0.1) is 18.7 Å². The Morgan fingerprint density at radius 1 is 1.07 bits per heavy atom. The second kappa shape index (κ2) is 10.7. The number of pyridine rings is 1. The van der Waals surface area contributed by atoms with E-state index in [1.165, 1.54) is 0 Å². The second-order valence-corrected chi connectivity index (χ2v) is 11.4. The molecule has 7 nitrogen and oxygen atoms in total. The highest BCUT2D eigenvalue weighted by Gasteiger charge is 2.37. The molecule has 3 aromatic rings. The lowest BCUT2D eigenvalue weighted by Gasteiger charge is -2.33. The van der Waals surface area contributed by atoms with Gasteiger partial charge in [-0.25, -0.2) is 4.79 Å². The molecule has 0 spiro atoms. The van der Waals surface area contributed by atoms with Gasteiger partial charge in [-0.15, -0.1) is 0 Å². The minimum Gasteiger partial charge on any atom is -0.489 e. The third-order valence-corrected chi connectivity index (χ3v) is 8.57. The van der Waals surface area contributed by atoms with Crippen molar-refractivity contribution in [2.75, 3.05) is 26.2 Å². The predicted octanol–water partition coefficient (Wildman–Crippen LogP) is 5.93. The van der Waals surface area contributed by atoms with Crippen LogP contribution in [-0.4, -0.2) is 64.0 Å². The topological polar surface area (TPSA) is 62.1 Å². The average Bonchev–Trinajstić information content (AvgIpc) is 3.73. The van der Waals surface area contributed by atoms with Gasteiger partial charge in [-0.05, 0) is 42.3 Å². The number of hydrogen-bond donors (Lipinski definition) is 0. The van der Waals surface area contributed by atoms with Gasteiger partial charge in [-0.3, -0.25) is 9.88 Å². The SMILES string of the molecule is O=C(N1CCc2ncc(C(F)(F)F)cc2C1)N1CCC(N(CC2=CC3C=CC=CC3O2)Cc2cc3ccccc3o2)C1. The van der Waals surface area contributed by atoms with E-state index in [9.17, 15) is 18.0 Å². The normalized spacial score (nSPS) is 23.3. The van der Waals surface area contributed by atoms with Crippen LogP contribution in [0.4, 0.5) is 18.0 Å². The van der Waals surface area contributed by atoms with E-state index in [-0.39, 0.29) is 30.6 Å². The number of amides is 2. The summed E-state index contributed by atoms with van der Waals surface area (Å²) in [6, 6.07) is 11.0. The quantitative estimate of drug-likeness (QED) is 0.377. The lowest BCUT2D eigenvalue weighted by molar-refractivity contribution is -0.137. The Morgan fingerprint density at radius 3 is 2.76 bits per heavy atom. The van der Waals surface area contributed by atoms with Crippen molar-refractivity contribution in [3.63, 3.8) is 0 Å². The minimum absolute atomic E-state index is 0.00837. The van der Waals surface area contributed by atoms with E-state index in [0.29, 0.717) is 50.4 Å². The first-order valence-electron chi connectivity index (χ1n) is 14.3. The number of halogens is 3. The molecule has 3 atom stereocenters. The van der Waals surface area contributed by atoms with E-state index in [1.807, 2.05) is 41.3 Å². The van der Waals surface area contributed by atoms with Crippen LogP contribution in [0.25, 0.3) is 11.0 Å². The molecule has 42 heavy (non-hydrogen) atoms. The molecular weight excluding hydrogens is 545 g/mol. The summed E-state index contributed by atoms with van der Waals surface area (Å²) in [5, 5.41) is 1.04. The number of carbonyl (C=O) groups is 1. The Morgan fingerprint density at radius 2 is 1.93 bits per heavy atom. The van der Waals surface area contributed by atoms with Crippen LogP contribution in [0.3, 0.4) is 0 Å². The van der Waals surface area contributed by atoms with Crippen LogP contribution < -0.4 is 0 Å². The van der Waals surface area contributed by atoms with Gasteiger partial charge >= 0.3 is 12.2 Å². The van der Waals surface area contributed by atoms with Gasteiger partial charge < -0.3 is 19.0 Å². The summed E-state index contributed by atoms with van der Waals surface area (Å²) in [7, 11) is 0. The second-order valence-electron chi connectivity index (χ2n) is 11.4. The molecule has 7 rings (SSSR count). The highest BCUT2D eigenvalue weighted by molar-refractivity contribution is 5.77. The summed E-state index contributed by atoms with van der Waals surface area (Å²) in [5.74, 6) is 1.97. The lowest BCUT2D eigenvalue weighted by Crippen LogP contribution is -2.46. The highest BCUT2D eigenvalue weighted by Crippen LogP contribution is 2.33. The first kappa shape index (κ1) is 26.8.